The number of anilines is 1. The van der Waals surface area contributed by atoms with E-state index in [0.717, 1.165) is 0 Å². The van der Waals surface area contributed by atoms with Crippen LogP contribution in [0.1, 0.15) is 5.69 Å². The van der Waals surface area contributed by atoms with E-state index in [9.17, 15) is 0 Å². The lowest BCUT2D eigenvalue weighted by Crippen LogP contribution is -1.99. The Hall–Kier alpha value is -1.58. The monoisotopic (exact) mass is 136 g/mol. The Labute approximate surface area is 58.6 Å². The van der Waals surface area contributed by atoms with Gasteiger partial charge in [0.15, 0.2) is 0 Å². The van der Waals surface area contributed by atoms with E-state index in [0.29, 0.717) is 17.2 Å². The SMILES string of the molecule is C=C(N)c1cc(N)ncn1. The molecule has 0 amide bonds. The van der Waals surface area contributed by atoms with Crippen molar-refractivity contribution in [3.8, 4) is 0 Å². The van der Waals surface area contributed by atoms with Crippen LogP contribution < -0.4 is 11.5 Å². The van der Waals surface area contributed by atoms with Crippen molar-refractivity contribution in [3.05, 3.63) is 24.7 Å². The van der Waals surface area contributed by atoms with Crippen LogP contribution in [0.3, 0.4) is 0 Å². The first kappa shape index (κ1) is 6.54. The molecule has 0 unspecified atom stereocenters. The first-order valence-electron chi connectivity index (χ1n) is 2.72. The number of hydrogen-bond donors (Lipinski definition) is 2. The van der Waals surface area contributed by atoms with Gasteiger partial charge in [0.2, 0.25) is 0 Å². The van der Waals surface area contributed by atoms with Gasteiger partial charge in [-0.1, -0.05) is 6.58 Å². The number of hydrogen-bond acceptors (Lipinski definition) is 4. The standard InChI is InChI=1S/C6H8N4/c1-4(7)5-2-6(8)10-3-9-5/h2-3H,1,7H2,(H2,8,9,10). The van der Waals surface area contributed by atoms with Crippen LogP contribution in [0.2, 0.25) is 0 Å². The van der Waals surface area contributed by atoms with Gasteiger partial charge in [0, 0.05) is 6.07 Å². The summed E-state index contributed by atoms with van der Waals surface area (Å²) in [7, 11) is 0. The zero-order chi connectivity index (χ0) is 7.56. The third-order valence-electron chi connectivity index (χ3n) is 1.02. The third kappa shape index (κ3) is 1.22. The molecule has 1 aromatic heterocycles. The molecule has 4 heteroatoms. The fourth-order valence-corrected chi connectivity index (χ4v) is 0.548. The van der Waals surface area contributed by atoms with Crippen molar-refractivity contribution >= 4 is 11.5 Å². The molecule has 0 spiro atoms. The smallest absolute Gasteiger partial charge is 0.127 e. The molecular weight excluding hydrogens is 128 g/mol. The Morgan fingerprint density at radius 2 is 2.20 bits per heavy atom. The zero-order valence-electron chi connectivity index (χ0n) is 5.41. The van der Waals surface area contributed by atoms with Crippen LogP contribution >= 0.6 is 0 Å². The van der Waals surface area contributed by atoms with Gasteiger partial charge in [-0.3, -0.25) is 0 Å². The number of nitrogen functional groups attached to an aromatic ring is 1. The molecule has 52 valence electrons. The predicted molar refractivity (Wildman–Crippen MR) is 39.7 cm³/mol. The van der Waals surface area contributed by atoms with Crippen molar-refractivity contribution in [1.29, 1.82) is 0 Å². The Bertz CT molecular complexity index is 256. The highest BCUT2D eigenvalue weighted by molar-refractivity contribution is 5.58. The van der Waals surface area contributed by atoms with Crippen molar-refractivity contribution in [2.24, 2.45) is 5.73 Å². The minimum Gasteiger partial charge on any atom is -0.397 e. The second kappa shape index (κ2) is 2.34. The molecule has 10 heavy (non-hydrogen) atoms. The summed E-state index contributed by atoms with van der Waals surface area (Å²) in [6.45, 7) is 3.50. The van der Waals surface area contributed by atoms with Gasteiger partial charge < -0.3 is 11.5 Å². The molecule has 1 heterocycles. The second-order valence-corrected chi connectivity index (χ2v) is 1.85. The van der Waals surface area contributed by atoms with Crippen LogP contribution in [0.25, 0.3) is 5.70 Å². The quantitative estimate of drug-likeness (QED) is 0.569. The maximum Gasteiger partial charge on any atom is 0.127 e. The molecule has 1 aromatic rings. The number of nitrogens with zero attached hydrogens (tertiary/aromatic N) is 2. The summed E-state index contributed by atoms with van der Waals surface area (Å²) < 4.78 is 0. The van der Waals surface area contributed by atoms with Gasteiger partial charge in [0.25, 0.3) is 0 Å². The molecular formula is C6H8N4. The Morgan fingerprint density at radius 1 is 1.50 bits per heavy atom. The summed E-state index contributed by atoms with van der Waals surface area (Å²) in [5, 5.41) is 0. The average molecular weight is 136 g/mol. The molecule has 0 radical (unpaired) electrons. The maximum atomic E-state index is 5.35. The predicted octanol–water partition coefficient (Wildman–Crippen LogP) is -0.0118. The third-order valence-corrected chi connectivity index (χ3v) is 1.02. The van der Waals surface area contributed by atoms with Crippen molar-refractivity contribution in [3.63, 3.8) is 0 Å². The molecule has 0 aliphatic rings. The molecule has 0 saturated heterocycles. The van der Waals surface area contributed by atoms with E-state index in [1.54, 1.807) is 6.07 Å². The summed E-state index contributed by atoms with van der Waals surface area (Å²) in [6.07, 6.45) is 1.35. The van der Waals surface area contributed by atoms with Crippen LogP contribution in [0, 0.1) is 0 Å². The highest BCUT2D eigenvalue weighted by Gasteiger charge is 1.94. The number of rotatable bonds is 1. The van der Waals surface area contributed by atoms with Gasteiger partial charge in [-0.15, -0.1) is 0 Å². The van der Waals surface area contributed by atoms with E-state index in [1.165, 1.54) is 6.33 Å². The van der Waals surface area contributed by atoms with Gasteiger partial charge in [0.1, 0.15) is 12.1 Å². The topological polar surface area (TPSA) is 77.8 Å². The molecule has 4 nitrogen and oxygen atoms in total. The number of aromatic nitrogens is 2. The van der Waals surface area contributed by atoms with E-state index in [2.05, 4.69) is 16.5 Å². The normalized spacial score (nSPS) is 9.20. The second-order valence-electron chi connectivity index (χ2n) is 1.85. The van der Waals surface area contributed by atoms with Crippen molar-refractivity contribution in [1.82, 2.24) is 9.97 Å². The molecule has 0 atom stereocenters. The van der Waals surface area contributed by atoms with Crippen molar-refractivity contribution < 1.29 is 0 Å². The highest BCUT2D eigenvalue weighted by Crippen LogP contribution is 2.03. The molecule has 0 aliphatic carbocycles. The Morgan fingerprint density at radius 3 is 2.60 bits per heavy atom. The van der Waals surface area contributed by atoms with Crippen molar-refractivity contribution in [2.45, 2.75) is 0 Å². The van der Waals surface area contributed by atoms with Gasteiger partial charge in [-0.25, -0.2) is 9.97 Å². The lowest BCUT2D eigenvalue weighted by Gasteiger charge is -1.96. The maximum absolute atomic E-state index is 5.35. The molecule has 0 aromatic carbocycles. The minimum atomic E-state index is 0.397. The molecule has 0 fully saturated rings. The van der Waals surface area contributed by atoms with Crippen LogP contribution in [-0.4, -0.2) is 9.97 Å². The van der Waals surface area contributed by atoms with Crippen LogP contribution in [0.5, 0.6) is 0 Å². The molecule has 0 saturated carbocycles. The summed E-state index contributed by atoms with van der Waals surface area (Å²) in [5.41, 5.74) is 11.7. The van der Waals surface area contributed by atoms with E-state index < -0.39 is 0 Å². The first-order chi connectivity index (χ1) is 4.70. The largest absolute Gasteiger partial charge is 0.397 e. The molecule has 0 aliphatic heterocycles. The van der Waals surface area contributed by atoms with Crippen LogP contribution in [-0.2, 0) is 0 Å². The highest BCUT2D eigenvalue weighted by atomic mass is 14.9. The lowest BCUT2D eigenvalue weighted by molar-refractivity contribution is 1.14. The fraction of sp³-hybridized carbons (Fsp3) is 0. The van der Waals surface area contributed by atoms with E-state index in [1.807, 2.05) is 0 Å². The Kier molecular flexibility index (Phi) is 1.53. The molecule has 4 N–H and O–H groups in total. The minimum absolute atomic E-state index is 0.397. The summed E-state index contributed by atoms with van der Waals surface area (Å²) in [4.78, 5) is 7.52. The molecule has 1 rings (SSSR count). The average Bonchev–Trinajstić information content (AvgIpc) is 1.88. The lowest BCUT2D eigenvalue weighted by atomic mass is 10.3. The summed E-state index contributed by atoms with van der Waals surface area (Å²) >= 11 is 0. The van der Waals surface area contributed by atoms with Crippen molar-refractivity contribution in [2.75, 3.05) is 5.73 Å². The van der Waals surface area contributed by atoms with E-state index >= 15 is 0 Å². The van der Waals surface area contributed by atoms with Gasteiger partial charge >= 0.3 is 0 Å². The van der Waals surface area contributed by atoms with E-state index in [4.69, 9.17) is 11.5 Å². The Balaban J connectivity index is 3.07. The van der Waals surface area contributed by atoms with E-state index in [-0.39, 0.29) is 0 Å². The number of nitrogens with two attached hydrogens (primary N) is 2. The van der Waals surface area contributed by atoms with Gasteiger partial charge in [-0.2, -0.15) is 0 Å². The van der Waals surface area contributed by atoms with Gasteiger partial charge in [-0.05, 0) is 0 Å². The first-order valence-corrected chi connectivity index (χ1v) is 2.72. The summed E-state index contributed by atoms with van der Waals surface area (Å²) in [5.74, 6) is 0.400. The molecule has 0 bridgehead atoms. The zero-order valence-corrected chi connectivity index (χ0v) is 5.41. The van der Waals surface area contributed by atoms with Crippen LogP contribution in [0.15, 0.2) is 19.0 Å². The van der Waals surface area contributed by atoms with Crippen LogP contribution in [0.4, 0.5) is 5.82 Å². The fourth-order valence-electron chi connectivity index (χ4n) is 0.548. The summed E-state index contributed by atoms with van der Waals surface area (Å²) in [6, 6.07) is 1.57. The van der Waals surface area contributed by atoms with Gasteiger partial charge in [0.05, 0.1) is 11.4 Å².